The molecule has 3 aromatic rings. The number of nitrogens with one attached hydrogen (secondary N) is 1. The first-order valence-electron chi connectivity index (χ1n) is 6.16. The van der Waals surface area contributed by atoms with Crippen LogP contribution in [0.15, 0.2) is 52.7 Å². The van der Waals surface area contributed by atoms with Gasteiger partial charge >= 0.3 is 0 Å². The predicted molar refractivity (Wildman–Crippen MR) is 89.0 cm³/mol. The van der Waals surface area contributed by atoms with Crippen molar-refractivity contribution in [1.82, 2.24) is 10.2 Å². The Morgan fingerprint density at radius 2 is 2.00 bits per heavy atom. The van der Waals surface area contributed by atoms with E-state index < -0.39 is 0 Å². The fraction of sp³-hybridized carbons (Fsp3) is 0.0714. The molecule has 2 aromatic heterocycles. The van der Waals surface area contributed by atoms with Gasteiger partial charge in [-0.15, -0.1) is 33.3 Å². The van der Waals surface area contributed by atoms with Crippen LogP contribution in [0.1, 0.15) is 0 Å². The van der Waals surface area contributed by atoms with E-state index >= 15 is 0 Å². The Morgan fingerprint density at radius 3 is 2.76 bits per heavy atom. The lowest BCUT2D eigenvalue weighted by Gasteiger charge is -2.01. The zero-order chi connectivity index (χ0) is 14.5. The molecule has 4 nitrogen and oxygen atoms in total. The number of carbonyl (C=O) groups is 1. The van der Waals surface area contributed by atoms with Crippen molar-refractivity contribution in [3.8, 4) is 9.88 Å². The summed E-state index contributed by atoms with van der Waals surface area (Å²) in [4.78, 5) is 14.0. The average Bonchev–Trinajstić information content (AvgIpc) is 3.17. The molecule has 1 aromatic carbocycles. The van der Waals surface area contributed by atoms with Crippen molar-refractivity contribution in [3.63, 3.8) is 0 Å². The van der Waals surface area contributed by atoms with Crippen LogP contribution in [0.2, 0.25) is 0 Å². The Hall–Kier alpha value is -1.70. The molecule has 3 rings (SSSR count). The highest BCUT2D eigenvalue weighted by atomic mass is 32.2. The maximum atomic E-state index is 11.9. The van der Waals surface area contributed by atoms with Gasteiger partial charge in [-0.05, 0) is 23.6 Å². The van der Waals surface area contributed by atoms with Crippen LogP contribution in [-0.2, 0) is 4.79 Å². The van der Waals surface area contributed by atoms with Crippen molar-refractivity contribution in [3.05, 3.63) is 47.8 Å². The van der Waals surface area contributed by atoms with Crippen molar-refractivity contribution in [1.29, 1.82) is 0 Å². The highest BCUT2D eigenvalue weighted by Gasteiger charge is 2.10. The van der Waals surface area contributed by atoms with Crippen molar-refractivity contribution < 1.29 is 4.79 Å². The minimum atomic E-state index is -0.0715. The van der Waals surface area contributed by atoms with E-state index in [4.69, 9.17) is 0 Å². The summed E-state index contributed by atoms with van der Waals surface area (Å²) >= 11 is 4.49. The molecule has 0 aliphatic carbocycles. The molecule has 0 saturated carbocycles. The first-order chi connectivity index (χ1) is 10.3. The Labute approximate surface area is 134 Å². The molecule has 0 spiro atoms. The summed E-state index contributed by atoms with van der Waals surface area (Å²) in [5.41, 5.74) is 0. The van der Waals surface area contributed by atoms with Gasteiger partial charge in [0.2, 0.25) is 11.0 Å². The summed E-state index contributed by atoms with van der Waals surface area (Å²) in [5.74, 6) is 0.288. The lowest BCUT2D eigenvalue weighted by Crippen LogP contribution is -2.13. The maximum absolute atomic E-state index is 11.9. The molecule has 21 heavy (non-hydrogen) atoms. The smallest absolute Gasteiger partial charge is 0.236 e. The van der Waals surface area contributed by atoms with Gasteiger partial charge in [-0.1, -0.05) is 35.6 Å². The molecule has 0 fully saturated rings. The number of hydrogen-bond acceptors (Lipinski definition) is 6. The predicted octanol–water partition coefficient (Wildman–Crippen LogP) is 4.00. The largest absolute Gasteiger partial charge is 0.300 e. The molecule has 106 valence electrons. The van der Waals surface area contributed by atoms with Gasteiger partial charge in [0.15, 0.2) is 5.01 Å². The van der Waals surface area contributed by atoms with E-state index in [1.807, 2.05) is 47.8 Å². The van der Waals surface area contributed by atoms with Crippen LogP contribution >= 0.6 is 34.4 Å². The SMILES string of the molecule is O=C(CSc1ccccc1)Nc1nnc(-c2cccs2)s1. The number of nitrogens with zero attached hydrogens (tertiary/aromatic N) is 2. The van der Waals surface area contributed by atoms with E-state index in [9.17, 15) is 4.79 Å². The van der Waals surface area contributed by atoms with Crippen molar-refractivity contribution in [2.24, 2.45) is 0 Å². The number of anilines is 1. The van der Waals surface area contributed by atoms with Crippen molar-refractivity contribution in [2.45, 2.75) is 4.90 Å². The van der Waals surface area contributed by atoms with E-state index in [-0.39, 0.29) is 5.91 Å². The third-order valence-electron chi connectivity index (χ3n) is 2.52. The second kappa shape index (κ2) is 6.84. The molecule has 0 saturated heterocycles. The van der Waals surface area contributed by atoms with Crippen LogP contribution in [0.3, 0.4) is 0 Å². The standard InChI is InChI=1S/C14H11N3OS3/c18-12(9-20-10-5-2-1-3-6-10)15-14-17-16-13(21-14)11-7-4-8-19-11/h1-8H,9H2,(H,15,17,18). The Kier molecular flexibility index (Phi) is 4.64. The number of aromatic nitrogens is 2. The second-order valence-corrected chi connectivity index (χ2v) is 7.01. The molecule has 1 N–H and O–H groups in total. The maximum Gasteiger partial charge on any atom is 0.236 e. The fourth-order valence-corrected chi connectivity index (χ4v) is 3.87. The number of thioether (sulfide) groups is 1. The summed E-state index contributed by atoms with van der Waals surface area (Å²) in [7, 11) is 0. The first kappa shape index (κ1) is 14.2. The molecule has 0 aliphatic heterocycles. The summed E-state index contributed by atoms with van der Waals surface area (Å²) < 4.78 is 0. The number of hydrogen-bond donors (Lipinski definition) is 1. The Morgan fingerprint density at radius 1 is 1.14 bits per heavy atom. The van der Waals surface area contributed by atoms with Crippen LogP contribution in [0.4, 0.5) is 5.13 Å². The molecular weight excluding hydrogens is 322 g/mol. The van der Waals surface area contributed by atoms with Gasteiger partial charge in [-0.3, -0.25) is 10.1 Å². The third kappa shape index (κ3) is 3.90. The number of carbonyl (C=O) groups excluding carboxylic acids is 1. The van der Waals surface area contributed by atoms with Crippen LogP contribution in [0.5, 0.6) is 0 Å². The van der Waals surface area contributed by atoms with E-state index in [1.54, 1.807) is 11.3 Å². The van der Waals surface area contributed by atoms with E-state index in [1.165, 1.54) is 23.1 Å². The number of thiophene rings is 1. The minimum absolute atomic E-state index is 0.0715. The van der Waals surface area contributed by atoms with Gasteiger partial charge in [0.25, 0.3) is 0 Å². The van der Waals surface area contributed by atoms with Crippen LogP contribution in [-0.4, -0.2) is 21.9 Å². The summed E-state index contributed by atoms with van der Waals surface area (Å²) in [6, 6.07) is 13.8. The summed E-state index contributed by atoms with van der Waals surface area (Å²) in [6.45, 7) is 0. The molecule has 0 unspecified atom stereocenters. The van der Waals surface area contributed by atoms with Gasteiger partial charge in [-0.2, -0.15) is 0 Å². The molecule has 0 atom stereocenters. The van der Waals surface area contributed by atoms with Gasteiger partial charge in [0.1, 0.15) is 0 Å². The summed E-state index contributed by atoms with van der Waals surface area (Å²) in [5, 5.41) is 14.2. The quantitative estimate of drug-likeness (QED) is 0.717. The molecule has 1 amide bonds. The Bertz CT molecular complexity index is 710. The second-order valence-electron chi connectivity index (χ2n) is 4.04. The molecule has 2 heterocycles. The van der Waals surface area contributed by atoms with Gasteiger partial charge < -0.3 is 0 Å². The van der Waals surface area contributed by atoms with Crippen LogP contribution < -0.4 is 5.32 Å². The number of rotatable bonds is 5. The summed E-state index contributed by atoms with van der Waals surface area (Å²) in [6.07, 6.45) is 0. The van der Waals surface area contributed by atoms with Gasteiger partial charge in [-0.25, -0.2) is 0 Å². The zero-order valence-electron chi connectivity index (χ0n) is 10.9. The monoisotopic (exact) mass is 333 g/mol. The topological polar surface area (TPSA) is 54.9 Å². The van der Waals surface area contributed by atoms with Crippen molar-refractivity contribution in [2.75, 3.05) is 11.1 Å². The van der Waals surface area contributed by atoms with Crippen molar-refractivity contribution >= 4 is 45.5 Å². The minimum Gasteiger partial charge on any atom is -0.300 e. The first-order valence-corrected chi connectivity index (χ1v) is 8.84. The molecule has 0 radical (unpaired) electrons. The highest BCUT2D eigenvalue weighted by Crippen LogP contribution is 2.29. The lowest BCUT2D eigenvalue weighted by atomic mass is 10.4. The third-order valence-corrected chi connectivity index (χ3v) is 5.41. The molecular formula is C14H11N3OS3. The lowest BCUT2D eigenvalue weighted by molar-refractivity contribution is -0.113. The molecule has 0 aliphatic rings. The normalized spacial score (nSPS) is 10.5. The number of amides is 1. The highest BCUT2D eigenvalue weighted by molar-refractivity contribution is 8.00. The Balaban J connectivity index is 1.55. The van der Waals surface area contributed by atoms with E-state index in [2.05, 4.69) is 15.5 Å². The van der Waals surface area contributed by atoms with Gasteiger partial charge in [0, 0.05) is 4.90 Å². The van der Waals surface area contributed by atoms with E-state index in [0.717, 1.165) is 14.8 Å². The zero-order valence-corrected chi connectivity index (χ0v) is 13.3. The van der Waals surface area contributed by atoms with Crippen LogP contribution in [0, 0.1) is 0 Å². The molecule has 0 bridgehead atoms. The van der Waals surface area contributed by atoms with Crippen LogP contribution in [0.25, 0.3) is 9.88 Å². The van der Waals surface area contributed by atoms with E-state index in [0.29, 0.717) is 10.9 Å². The number of benzene rings is 1. The fourth-order valence-electron chi connectivity index (χ4n) is 1.59. The van der Waals surface area contributed by atoms with Gasteiger partial charge in [0.05, 0.1) is 10.6 Å². The average molecular weight is 333 g/mol. The molecule has 7 heteroatoms.